The molecule has 0 atom stereocenters. The van der Waals surface area contributed by atoms with E-state index in [1.165, 1.54) is 12.8 Å². The average Bonchev–Trinajstić information content (AvgIpc) is 1.84. The highest BCUT2D eigenvalue weighted by molar-refractivity contribution is 4.72. The second-order valence-corrected chi connectivity index (χ2v) is 3.13. The summed E-state index contributed by atoms with van der Waals surface area (Å²) in [4.78, 5) is 0. The van der Waals surface area contributed by atoms with Crippen LogP contribution >= 0.6 is 0 Å². The summed E-state index contributed by atoms with van der Waals surface area (Å²) in [5.41, 5.74) is 2.90. The molecule has 9 heavy (non-hydrogen) atoms. The second-order valence-electron chi connectivity index (χ2n) is 3.13. The van der Waals surface area contributed by atoms with Crippen molar-refractivity contribution in [2.24, 2.45) is 5.84 Å². The van der Waals surface area contributed by atoms with Gasteiger partial charge in [0.15, 0.2) is 0 Å². The van der Waals surface area contributed by atoms with Crippen LogP contribution in [0.1, 0.15) is 40.0 Å². The Balaban J connectivity index is 3.33. The molecule has 0 fully saturated rings. The Morgan fingerprint density at radius 1 is 1.44 bits per heavy atom. The number of nitrogens with one attached hydrogen (secondary N) is 1. The molecule has 56 valence electrons. The summed E-state index contributed by atoms with van der Waals surface area (Å²) in [6.45, 7) is 6.41. The molecule has 0 unspecified atom stereocenters. The Kier molecular flexibility index (Phi) is 3.82. The van der Waals surface area contributed by atoms with E-state index in [0.29, 0.717) is 0 Å². The maximum Gasteiger partial charge on any atom is 0.0265 e. The lowest BCUT2D eigenvalue weighted by Gasteiger charge is -2.22. The molecule has 0 aliphatic heterocycles. The van der Waals surface area contributed by atoms with E-state index < -0.39 is 0 Å². The zero-order valence-corrected chi connectivity index (χ0v) is 6.70. The number of nitrogens with two attached hydrogens (primary N) is 1. The van der Waals surface area contributed by atoms with E-state index in [-0.39, 0.29) is 5.54 Å². The SMILES string of the molecule is CCCCC(C)(C)NN. The Labute approximate surface area is 57.8 Å². The summed E-state index contributed by atoms with van der Waals surface area (Å²) >= 11 is 0. The first kappa shape index (κ1) is 8.92. The highest BCUT2D eigenvalue weighted by atomic mass is 15.3. The lowest BCUT2D eigenvalue weighted by atomic mass is 9.99. The number of hydrogen-bond acceptors (Lipinski definition) is 2. The smallest absolute Gasteiger partial charge is 0.0265 e. The minimum atomic E-state index is 0.121. The van der Waals surface area contributed by atoms with Gasteiger partial charge in [0.2, 0.25) is 0 Å². The van der Waals surface area contributed by atoms with E-state index in [2.05, 4.69) is 26.2 Å². The van der Waals surface area contributed by atoms with Gasteiger partial charge in [0.1, 0.15) is 0 Å². The molecule has 0 rings (SSSR count). The van der Waals surface area contributed by atoms with E-state index in [9.17, 15) is 0 Å². The van der Waals surface area contributed by atoms with Crippen LogP contribution < -0.4 is 11.3 Å². The first-order chi connectivity index (χ1) is 4.12. The number of hydrazine groups is 1. The van der Waals surface area contributed by atoms with Gasteiger partial charge in [-0.2, -0.15) is 0 Å². The first-order valence-corrected chi connectivity index (χ1v) is 3.60. The third kappa shape index (κ3) is 4.43. The van der Waals surface area contributed by atoms with Gasteiger partial charge in [0, 0.05) is 5.54 Å². The van der Waals surface area contributed by atoms with Crippen molar-refractivity contribution < 1.29 is 0 Å². The summed E-state index contributed by atoms with van der Waals surface area (Å²) in [5.74, 6) is 5.30. The largest absolute Gasteiger partial charge is 0.271 e. The molecule has 0 bridgehead atoms. The predicted octanol–water partition coefficient (Wildman–Crippen LogP) is 1.42. The standard InChI is InChI=1S/C7H18N2/c1-4-5-6-7(2,3)9-8/h9H,4-6,8H2,1-3H3. The van der Waals surface area contributed by atoms with Gasteiger partial charge in [-0.1, -0.05) is 19.8 Å². The number of rotatable bonds is 4. The molecule has 0 aromatic carbocycles. The molecule has 2 nitrogen and oxygen atoms in total. The minimum absolute atomic E-state index is 0.121. The predicted molar refractivity (Wildman–Crippen MR) is 40.9 cm³/mol. The molecule has 0 aliphatic rings. The Morgan fingerprint density at radius 3 is 2.33 bits per heavy atom. The average molecular weight is 130 g/mol. The molecule has 0 aliphatic carbocycles. The summed E-state index contributed by atoms with van der Waals surface area (Å²) in [5, 5.41) is 0. The zero-order valence-electron chi connectivity index (χ0n) is 6.70. The molecule has 0 saturated heterocycles. The van der Waals surface area contributed by atoms with Crippen molar-refractivity contribution in [2.75, 3.05) is 0 Å². The van der Waals surface area contributed by atoms with E-state index in [1.54, 1.807) is 0 Å². The van der Waals surface area contributed by atoms with Crippen LogP contribution in [0, 0.1) is 0 Å². The van der Waals surface area contributed by atoms with Crippen LogP contribution in [0.2, 0.25) is 0 Å². The Hall–Kier alpha value is -0.0800. The van der Waals surface area contributed by atoms with Crippen LogP contribution in [0.25, 0.3) is 0 Å². The van der Waals surface area contributed by atoms with Crippen LogP contribution in [0.15, 0.2) is 0 Å². The lowest BCUT2D eigenvalue weighted by molar-refractivity contribution is 0.359. The molecule has 0 aromatic heterocycles. The van der Waals surface area contributed by atoms with Gasteiger partial charge < -0.3 is 0 Å². The highest BCUT2D eigenvalue weighted by Crippen LogP contribution is 2.10. The normalized spacial score (nSPS) is 12.0. The van der Waals surface area contributed by atoms with Gasteiger partial charge >= 0.3 is 0 Å². The molecular formula is C7H18N2. The van der Waals surface area contributed by atoms with E-state index in [4.69, 9.17) is 5.84 Å². The Morgan fingerprint density at radius 2 is 2.00 bits per heavy atom. The lowest BCUT2D eigenvalue weighted by Crippen LogP contribution is -2.43. The topological polar surface area (TPSA) is 38.0 Å². The monoisotopic (exact) mass is 130 g/mol. The first-order valence-electron chi connectivity index (χ1n) is 3.60. The van der Waals surface area contributed by atoms with Gasteiger partial charge in [-0.15, -0.1) is 0 Å². The fraction of sp³-hybridized carbons (Fsp3) is 1.00. The quantitative estimate of drug-likeness (QED) is 0.446. The maximum absolute atomic E-state index is 5.30. The highest BCUT2D eigenvalue weighted by Gasteiger charge is 2.12. The second kappa shape index (κ2) is 3.85. The van der Waals surface area contributed by atoms with Crippen molar-refractivity contribution in [1.29, 1.82) is 0 Å². The van der Waals surface area contributed by atoms with Gasteiger partial charge in [-0.3, -0.25) is 11.3 Å². The van der Waals surface area contributed by atoms with Crippen molar-refractivity contribution in [3.05, 3.63) is 0 Å². The molecule has 3 N–H and O–H groups in total. The molecule has 2 heteroatoms. The van der Waals surface area contributed by atoms with Gasteiger partial charge in [0.05, 0.1) is 0 Å². The summed E-state index contributed by atoms with van der Waals surface area (Å²) in [6, 6.07) is 0. The van der Waals surface area contributed by atoms with Crippen molar-refractivity contribution in [3.8, 4) is 0 Å². The van der Waals surface area contributed by atoms with Crippen LogP contribution in [-0.2, 0) is 0 Å². The molecular weight excluding hydrogens is 112 g/mol. The molecule has 0 radical (unpaired) electrons. The van der Waals surface area contributed by atoms with Crippen LogP contribution in [0.4, 0.5) is 0 Å². The van der Waals surface area contributed by atoms with Gasteiger partial charge in [0.25, 0.3) is 0 Å². The third-order valence-corrected chi connectivity index (χ3v) is 1.55. The summed E-state index contributed by atoms with van der Waals surface area (Å²) in [6.07, 6.45) is 3.64. The number of unbranched alkanes of at least 4 members (excludes halogenated alkanes) is 1. The Bertz CT molecular complexity index is 69.3. The summed E-state index contributed by atoms with van der Waals surface area (Å²) < 4.78 is 0. The molecule has 0 amide bonds. The van der Waals surface area contributed by atoms with E-state index in [1.807, 2.05) is 0 Å². The van der Waals surface area contributed by atoms with Crippen molar-refractivity contribution in [1.82, 2.24) is 5.43 Å². The molecule has 0 heterocycles. The van der Waals surface area contributed by atoms with Crippen molar-refractivity contribution in [3.63, 3.8) is 0 Å². The summed E-state index contributed by atoms with van der Waals surface area (Å²) in [7, 11) is 0. The maximum atomic E-state index is 5.30. The minimum Gasteiger partial charge on any atom is -0.271 e. The van der Waals surface area contributed by atoms with E-state index in [0.717, 1.165) is 6.42 Å². The molecule has 0 aromatic rings. The van der Waals surface area contributed by atoms with Crippen molar-refractivity contribution in [2.45, 2.75) is 45.6 Å². The fourth-order valence-corrected chi connectivity index (χ4v) is 0.691. The van der Waals surface area contributed by atoms with Crippen LogP contribution in [-0.4, -0.2) is 5.54 Å². The third-order valence-electron chi connectivity index (χ3n) is 1.55. The van der Waals surface area contributed by atoms with Crippen molar-refractivity contribution >= 4 is 0 Å². The van der Waals surface area contributed by atoms with Crippen LogP contribution in [0.5, 0.6) is 0 Å². The van der Waals surface area contributed by atoms with Gasteiger partial charge in [-0.25, -0.2) is 0 Å². The number of hydrogen-bond donors (Lipinski definition) is 2. The van der Waals surface area contributed by atoms with E-state index >= 15 is 0 Å². The molecule has 0 spiro atoms. The zero-order chi connectivity index (χ0) is 7.33. The van der Waals surface area contributed by atoms with Gasteiger partial charge in [-0.05, 0) is 20.3 Å². The van der Waals surface area contributed by atoms with Crippen LogP contribution in [0.3, 0.4) is 0 Å². The fourth-order valence-electron chi connectivity index (χ4n) is 0.691. The molecule has 0 saturated carbocycles.